The van der Waals surface area contributed by atoms with Gasteiger partial charge < -0.3 is 10.1 Å². The van der Waals surface area contributed by atoms with Crippen LogP contribution in [0.2, 0.25) is 0 Å². The number of unbranched alkanes of at least 4 members (excludes halogenated alkanes) is 1. The van der Waals surface area contributed by atoms with E-state index in [0.717, 1.165) is 12.8 Å². The van der Waals surface area contributed by atoms with Crippen molar-refractivity contribution in [1.29, 1.82) is 0 Å². The van der Waals surface area contributed by atoms with Gasteiger partial charge in [-0.15, -0.1) is 0 Å². The smallest absolute Gasteiger partial charge is 0.248 e. The molecule has 0 aromatic rings. The van der Waals surface area contributed by atoms with E-state index in [0.29, 0.717) is 12.2 Å². The van der Waals surface area contributed by atoms with Gasteiger partial charge in [0, 0.05) is 12.2 Å². The molecule has 0 aromatic carbocycles. The molecule has 0 heterocycles. The first-order valence-electron chi connectivity index (χ1n) is 4.82. The van der Waals surface area contributed by atoms with Crippen LogP contribution in [0.25, 0.3) is 0 Å². The quantitative estimate of drug-likeness (QED) is 0.293. The number of amides is 1. The Hall–Kier alpha value is -1.09. The van der Waals surface area contributed by atoms with Crippen molar-refractivity contribution in [1.82, 2.24) is 5.32 Å². The second-order valence-electron chi connectivity index (χ2n) is 3.13. The fourth-order valence-electron chi connectivity index (χ4n) is 0.776. The Balaban J connectivity index is 3.84. The van der Waals surface area contributed by atoms with Crippen LogP contribution < -0.4 is 5.32 Å². The molecule has 0 aliphatic heterocycles. The van der Waals surface area contributed by atoms with Crippen LogP contribution in [0, 0.1) is 0 Å². The molecular weight excluding hydrogens is 178 g/mol. The van der Waals surface area contributed by atoms with Gasteiger partial charge in [-0.05, 0) is 19.4 Å². The summed E-state index contributed by atoms with van der Waals surface area (Å²) < 4.78 is 5.36. The maximum Gasteiger partial charge on any atom is 0.248 e. The van der Waals surface area contributed by atoms with Gasteiger partial charge in [0.25, 0.3) is 0 Å². The summed E-state index contributed by atoms with van der Waals surface area (Å²) >= 11 is 0. The molecule has 0 aromatic heterocycles. The van der Waals surface area contributed by atoms with E-state index < -0.39 is 6.23 Å². The maximum atomic E-state index is 11.2. The molecule has 1 N–H and O–H groups in total. The second kappa shape index (κ2) is 7.33. The summed E-state index contributed by atoms with van der Waals surface area (Å²) in [5, 5.41) is 2.65. The number of ether oxygens (including phenoxy) is 1. The van der Waals surface area contributed by atoms with E-state index in [1.54, 1.807) is 13.0 Å². The molecule has 1 atom stereocenters. The first kappa shape index (κ1) is 12.9. The summed E-state index contributed by atoms with van der Waals surface area (Å²) in [6.07, 6.45) is 3.20. The van der Waals surface area contributed by atoms with E-state index in [4.69, 9.17) is 4.74 Å². The average Bonchev–Trinajstić information content (AvgIpc) is 2.16. The SMILES string of the molecule is C=CC(NC(=O)C(=C)C)OCCCC. The molecule has 14 heavy (non-hydrogen) atoms. The largest absolute Gasteiger partial charge is 0.355 e. The lowest BCUT2D eigenvalue weighted by molar-refractivity contribution is -0.120. The van der Waals surface area contributed by atoms with Crippen molar-refractivity contribution in [2.24, 2.45) is 0 Å². The topological polar surface area (TPSA) is 38.3 Å². The molecule has 0 aliphatic carbocycles. The molecule has 0 rings (SSSR count). The van der Waals surface area contributed by atoms with Crippen LogP contribution >= 0.6 is 0 Å². The summed E-state index contributed by atoms with van der Waals surface area (Å²) in [6.45, 7) is 11.5. The molecule has 0 saturated heterocycles. The average molecular weight is 197 g/mol. The lowest BCUT2D eigenvalue weighted by Gasteiger charge is -2.15. The van der Waals surface area contributed by atoms with Crippen LogP contribution in [0.1, 0.15) is 26.7 Å². The van der Waals surface area contributed by atoms with Crippen LogP contribution in [0.4, 0.5) is 0 Å². The first-order chi connectivity index (χ1) is 6.61. The molecule has 0 bridgehead atoms. The van der Waals surface area contributed by atoms with E-state index in [1.807, 2.05) is 0 Å². The number of hydrogen-bond acceptors (Lipinski definition) is 2. The molecule has 0 radical (unpaired) electrons. The number of nitrogens with one attached hydrogen (secondary N) is 1. The van der Waals surface area contributed by atoms with Gasteiger partial charge >= 0.3 is 0 Å². The fraction of sp³-hybridized carbons (Fsp3) is 0.545. The van der Waals surface area contributed by atoms with E-state index in [2.05, 4.69) is 25.4 Å². The Morgan fingerprint density at radius 2 is 2.29 bits per heavy atom. The van der Waals surface area contributed by atoms with Gasteiger partial charge in [-0.25, -0.2) is 0 Å². The highest BCUT2D eigenvalue weighted by molar-refractivity contribution is 5.92. The highest BCUT2D eigenvalue weighted by Gasteiger charge is 2.08. The third kappa shape index (κ3) is 5.54. The monoisotopic (exact) mass is 197 g/mol. The normalized spacial score (nSPS) is 11.9. The van der Waals surface area contributed by atoms with Crippen molar-refractivity contribution in [3.63, 3.8) is 0 Å². The third-order valence-corrected chi connectivity index (χ3v) is 1.67. The molecule has 1 unspecified atom stereocenters. The van der Waals surface area contributed by atoms with E-state index >= 15 is 0 Å². The number of carbonyl (C=O) groups is 1. The molecule has 0 spiro atoms. The van der Waals surface area contributed by atoms with Crippen LogP contribution in [-0.2, 0) is 9.53 Å². The minimum Gasteiger partial charge on any atom is -0.355 e. The van der Waals surface area contributed by atoms with Gasteiger partial charge in [0.15, 0.2) is 0 Å². The third-order valence-electron chi connectivity index (χ3n) is 1.67. The molecular formula is C11H19NO2. The van der Waals surface area contributed by atoms with Crippen molar-refractivity contribution in [2.45, 2.75) is 32.9 Å². The zero-order chi connectivity index (χ0) is 11.0. The maximum absolute atomic E-state index is 11.2. The highest BCUT2D eigenvalue weighted by Crippen LogP contribution is 1.96. The fourth-order valence-corrected chi connectivity index (χ4v) is 0.776. The van der Waals surface area contributed by atoms with Crippen molar-refractivity contribution in [3.05, 3.63) is 24.8 Å². The van der Waals surface area contributed by atoms with Gasteiger partial charge in [0.05, 0.1) is 0 Å². The minimum absolute atomic E-state index is 0.202. The minimum atomic E-state index is -0.411. The molecule has 80 valence electrons. The number of carbonyl (C=O) groups excluding carboxylic acids is 1. The standard InChI is InChI=1S/C11H19NO2/c1-5-7-8-14-10(6-2)12-11(13)9(3)4/h6,10H,2-3,5,7-8H2,1,4H3,(H,12,13). The van der Waals surface area contributed by atoms with Crippen LogP contribution in [0.15, 0.2) is 24.8 Å². The van der Waals surface area contributed by atoms with Gasteiger partial charge in [0.1, 0.15) is 6.23 Å². The molecule has 0 fully saturated rings. The lowest BCUT2D eigenvalue weighted by Crippen LogP contribution is -2.35. The summed E-state index contributed by atoms with van der Waals surface area (Å²) in [4.78, 5) is 11.2. The zero-order valence-electron chi connectivity index (χ0n) is 9.01. The van der Waals surface area contributed by atoms with Crippen LogP contribution in [0.3, 0.4) is 0 Å². The van der Waals surface area contributed by atoms with Gasteiger partial charge in [-0.2, -0.15) is 0 Å². The van der Waals surface area contributed by atoms with E-state index in [1.165, 1.54) is 0 Å². The molecule has 3 heteroatoms. The Kier molecular flexibility index (Phi) is 6.76. The lowest BCUT2D eigenvalue weighted by atomic mass is 10.3. The summed E-state index contributed by atoms with van der Waals surface area (Å²) in [6, 6.07) is 0. The number of rotatable bonds is 7. The summed E-state index contributed by atoms with van der Waals surface area (Å²) in [5.41, 5.74) is 0.468. The van der Waals surface area contributed by atoms with Crippen molar-refractivity contribution in [2.75, 3.05) is 6.61 Å². The Labute approximate surface area is 85.8 Å². The van der Waals surface area contributed by atoms with E-state index in [9.17, 15) is 4.79 Å². The zero-order valence-corrected chi connectivity index (χ0v) is 9.01. The van der Waals surface area contributed by atoms with E-state index in [-0.39, 0.29) is 5.91 Å². The predicted molar refractivity (Wildman–Crippen MR) is 57.8 cm³/mol. The van der Waals surface area contributed by atoms with Gasteiger partial charge in [0.2, 0.25) is 5.91 Å². The van der Waals surface area contributed by atoms with Gasteiger partial charge in [-0.3, -0.25) is 4.79 Å². The molecule has 1 amide bonds. The Bertz CT molecular complexity index is 211. The molecule has 3 nitrogen and oxygen atoms in total. The summed E-state index contributed by atoms with van der Waals surface area (Å²) in [7, 11) is 0. The second-order valence-corrected chi connectivity index (χ2v) is 3.13. The first-order valence-corrected chi connectivity index (χ1v) is 4.82. The predicted octanol–water partition coefficient (Wildman–Crippen LogP) is 2.01. The Morgan fingerprint density at radius 3 is 2.71 bits per heavy atom. The number of hydrogen-bond donors (Lipinski definition) is 1. The van der Waals surface area contributed by atoms with Crippen LogP contribution in [-0.4, -0.2) is 18.7 Å². The van der Waals surface area contributed by atoms with Crippen molar-refractivity contribution < 1.29 is 9.53 Å². The summed E-state index contributed by atoms with van der Waals surface area (Å²) in [5.74, 6) is -0.202. The highest BCUT2D eigenvalue weighted by atomic mass is 16.5. The molecule has 0 saturated carbocycles. The van der Waals surface area contributed by atoms with Crippen molar-refractivity contribution in [3.8, 4) is 0 Å². The molecule has 0 aliphatic rings. The van der Waals surface area contributed by atoms with Crippen molar-refractivity contribution >= 4 is 5.91 Å². The van der Waals surface area contributed by atoms with Gasteiger partial charge in [-0.1, -0.05) is 26.5 Å². The Morgan fingerprint density at radius 1 is 1.64 bits per heavy atom. The van der Waals surface area contributed by atoms with Crippen LogP contribution in [0.5, 0.6) is 0 Å².